The first-order chi connectivity index (χ1) is 5.51. The zero-order valence-electron chi connectivity index (χ0n) is 6.62. The molecule has 0 aliphatic rings. The smallest absolute Gasteiger partial charge is 0.341 e. The highest BCUT2D eigenvalue weighted by Crippen LogP contribution is 1.91. The predicted molar refractivity (Wildman–Crippen MR) is 38.9 cm³/mol. The highest BCUT2D eigenvalue weighted by molar-refractivity contribution is 4.52. The number of hydrogen-bond donors (Lipinski definition) is 4. The van der Waals surface area contributed by atoms with Gasteiger partial charge in [0.05, 0.1) is 11.5 Å². The third kappa shape index (κ3) is 7.35. The molecular weight excluding hydrogens is 170 g/mol. The lowest BCUT2D eigenvalue weighted by Gasteiger charge is -2.05. The molecule has 0 aromatic heterocycles. The van der Waals surface area contributed by atoms with E-state index in [0.717, 1.165) is 0 Å². The summed E-state index contributed by atoms with van der Waals surface area (Å²) in [5, 5.41) is 41.8. The van der Waals surface area contributed by atoms with Crippen LogP contribution in [0.2, 0.25) is 0 Å². The Morgan fingerprint density at radius 3 is 1.83 bits per heavy atom. The van der Waals surface area contributed by atoms with E-state index in [9.17, 15) is 10.1 Å². The summed E-state index contributed by atoms with van der Waals surface area (Å²) in [6.45, 7) is 1.11. The molecule has 2 unspecified atom stereocenters. The van der Waals surface area contributed by atoms with Crippen LogP contribution in [0.4, 0.5) is 0 Å². The Balaban J connectivity index is 0. The second-order valence-electron chi connectivity index (χ2n) is 1.77. The Hall–Kier alpha value is -0.760. The van der Waals surface area contributed by atoms with Crippen molar-refractivity contribution in [3.63, 3.8) is 0 Å². The fourth-order valence-corrected chi connectivity index (χ4v) is 0.235. The van der Waals surface area contributed by atoms with Gasteiger partial charge in [-0.25, -0.2) is 0 Å². The van der Waals surface area contributed by atoms with Gasteiger partial charge in [-0.2, -0.15) is 0 Å². The van der Waals surface area contributed by atoms with Gasteiger partial charge in [-0.15, -0.1) is 0 Å². The summed E-state index contributed by atoms with van der Waals surface area (Å²) in [5.41, 5.74) is 0. The summed E-state index contributed by atoms with van der Waals surface area (Å²) in [6, 6.07) is 0. The van der Waals surface area contributed by atoms with Gasteiger partial charge in [-0.05, 0) is 6.92 Å². The fourth-order valence-electron chi connectivity index (χ4n) is 0.235. The molecular formula is C5H13NO6. The second-order valence-corrected chi connectivity index (χ2v) is 1.77. The third-order valence-electron chi connectivity index (χ3n) is 0.747. The van der Waals surface area contributed by atoms with Gasteiger partial charge in [-0.3, -0.25) is 10.1 Å². The summed E-state index contributed by atoms with van der Waals surface area (Å²) in [4.78, 5) is 8.50. The molecule has 2 atom stereocenters. The van der Waals surface area contributed by atoms with E-state index in [0.29, 0.717) is 0 Å². The third-order valence-corrected chi connectivity index (χ3v) is 0.747. The van der Waals surface area contributed by atoms with E-state index >= 15 is 0 Å². The Morgan fingerprint density at radius 2 is 1.75 bits per heavy atom. The minimum absolute atomic E-state index is 0.250. The van der Waals surface area contributed by atoms with Crippen molar-refractivity contribution < 1.29 is 25.3 Å². The molecule has 0 aromatic rings. The Morgan fingerprint density at radius 1 is 1.42 bits per heavy atom. The quantitative estimate of drug-likeness (QED) is 0.226. The summed E-state index contributed by atoms with van der Waals surface area (Å²) >= 11 is 0. The zero-order chi connectivity index (χ0) is 10.1. The van der Waals surface area contributed by atoms with Crippen molar-refractivity contribution in [3.8, 4) is 0 Å². The van der Waals surface area contributed by atoms with E-state index in [1.54, 1.807) is 6.92 Å². The van der Waals surface area contributed by atoms with Gasteiger partial charge in [0.15, 0.2) is 6.10 Å². The molecule has 12 heavy (non-hydrogen) atoms. The SMILES string of the molecule is CCO.O=[N+]([O-])C(O)C(O)CO. The average molecular weight is 183 g/mol. The van der Waals surface area contributed by atoms with Crippen LogP contribution in [0.25, 0.3) is 0 Å². The topological polar surface area (TPSA) is 124 Å². The molecule has 74 valence electrons. The molecule has 7 nitrogen and oxygen atoms in total. The van der Waals surface area contributed by atoms with E-state index in [4.69, 9.17) is 20.4 Å². The molecule has 4 N–H and O–H groups in total. The molecule has 0 heterocycles. The van der Waals surface area contributed by atoms with Crippen molar-refractivity contribution in [3.05, 3.63) is 10.1 Å². The molecule has 7 heteroatoms. The molecule has 0 bridgehead atoms. The van der Waals surface area contributed by atoms with Gasteiger partial charge in [0.25, 0.3) is 0 Å². The molecule has 0 fully saturated rings. The summed E-state index contributed by atoms with van der Waals surface area (Å²) in [6.07, 6.45) is -3.78. The summed E-state index contributed by atoms with van der Waals surface area (Å²) < 4.78 is 0. The standard InChI is InChI=1S/C3H7NO5.C2H6O/c5-1-2(6)3(7)4(8)9;1-2-3/h2-3,5-7H,1H2;3H,2H2,1H3. The number of hydrogen-bond acceptors (Lipinski definition) is 6. The molecule has 0 aliphatic carbocycles. The number of rotatable bonds is 3. The number of aliphatic hydroxyl groups is 4. The maximum absolute atomic E-state index is 9.58. The Labute approximate surface area is 69.0 Å². The van der Waals surface area contributed by atoms with Gasteiger partial charge < -0.3 is 20.4 Å². The van der Waals surface area contributed by atoms with Crippen LogP contribution in [0.1, 0.15) is 6.92 Å². The first-order valence-electron chi connectivity index (χ1n) is 3.22. The molecule has 0 amide bonds. The lowest BCUT2D eigenvalue weighted by atomic mass is 10.3. The lowest BCUT2D eigenvalue weighted by molar-refractivity contribution is -0.583. The molecule has 0 spiro atoms. The summed E-state index contributed by atoms with van der Waals surface area (Å²) in [7, 11) is 0. The Bertz CT molecular complexity index is 119. The van der Waals surface area contributed by atoms with Crippen LogP contribution >= 0.6 is 0 Å². The van der Waals surface area contributed by atoms with E-state index in [-0.39, 0.29) is 6.61 Å². The Kier molecular flexibility index (Phi) is 9.59. The van der Waals surface area contributed by atoms with Gasteiger partial charge in [0.2, 0.25) is 0 Å². The van der Waals surface area contributed by atoms with Crippen molar-refractivity contribution >= 4 is 0 Å². The van der Waals surface area contributed by atoms with Gasteiger partial charge in [0.1, 0.15) is 0 Å². The van der Waals surface area contributed by atoms with Crippen molar-refractivity contribution in [2.75, 3.05) is 13.2 Å². The predicted octanol–water partition coefficient (Wildman–Crippen LogP) is -2.07. The maximum Gasteiger partial charge on any atom is 0.341 e. The van der Waals surface area contributed by atoms with Crippen molar-refractivity contribution in [2.24, 2.45) is 0 Å². The maximum atomic E-state index is 9.58. The minimum atomic E-state index is -2.09. The lowest BCUT2D eigenvalue weighted by Crippen LogP contribution is -2.35. The summed E-state index contributed by atoms with van der Waals surface area (Å²) in [5.74, 6) is 0. The molecule has 0 rings (SSSR count). The van der Waals surface area contributed by atoms with E-state index in [1.807, 2.05) is 0 Å². The minimum Gasteiger partial charge on any atom is -0.397 e. The van der Waals surface area contributed by atoms with Crippen molar-refractivity contribution in [1.29, 1.82) is 0 Å². The van der Waals surface area contributed by atoms with Crippen LogP contribution in [-0.2, 0) is 0 Å². The second kappa shape index (κ2) is 8.34. The van der Waals surface area contributed by atoms with Gasteiger partial charge >= 0.3 is 6.23 Å². The fraction of sp³-hybridized carbons (Fsp3) is 1.00. The van der Waals surface area contributed by atoms with Crippen molar-refractivity contribution in [2.45, 2.75) is 19.3 Å². The zero-order valence-corrected chi connectivity index (χ0v) is 6.62. The first kappa shape index (κ1) is 13.8. The average Bonchev–Trinajstić information content (AvgIpc) is 2.03. The highest BCUT2D eigenvalue weighted by atomic mass is 16.7. The normalized spacial score (nSPS) is 14.1. The number of aliphatic hydroxyl groups excluding tert-OH is 4. The highest BCUT2D eigenvalue weighted by Gasteiger charge is 2.25. The van der Waals surface area contributed by atoms with Crippen molar-refractivity contribution in [1.82, 2.24) is 0 Å². The van der Waals surface area contributed by atoms with Crippen LogP contribution in [0.3, 0.4) is 0 Å². The van der Waals surface area contributed by atoms with Crippen LogP contribution in [-0.4, -0.2) is 50.9 Å². The van der Waals surface area contributed by atoms with E-state index in [2.05, 4.69) is 0 Å². The van der Waals surface area contributed by atoms with Crippen LogP contribution in [0, 0.1) is 10.1 Å². The first-order valence-corrected chi connectivity index (χ1v) is 3.22. The van der Waals surface area contributed by atoms with E-state index < -0.39 is 23.9 Å². The number of nitro groups is 1. The van der Waals surface area contributed by atoms with Crippen LogP contribution in [0.15, 0.2) is 0 Å². The molecule has 0 saturated carbocycles. The molecule has 0 saturated heterocycles. The van der Waals surface area contributed by atoms with E-state index in [1.165, 1.54) is 0 Å². The van der Waals surface area contributed by atoms with Crippen LogP contribution in [0.5, 0.6) is 0 Å². The molecule has 0 radical (unpaired) electrons. The van der Waals surface area contributed by atoms with Crippen LogP contribution < -0.4 is 0 Å². The molecule has 0 aromatic carbocycles. The molecule has 0 aliphatic heterocycles. The number of nitrogens with zero attached hydrogens (tertiary/aromatic N) is 1. The monoisotopic (exact) mass is 183 g/mol. The van der Waals surface area contributed by atoms with Gasteiger partial charge in [0, 0.05) is 6.61 Å². The largest absolute Gasteiger partial charge is 0.397 e. The van der Waals surface area contributed by atoms with Gasteiger partial charge in [-0.1, -0.05) is 0 Å².